The topological polar surface area (TPSA) is 84.7 Å². The van der Waals surface area contributed by atoms with Crippen molar-refractivity contribution in [3.63, 3.8) is 0 Å². The fourth-order valence-corrected chi connectivity index (χ4v) is 1.95. The number of nitrogens with two attached hydrogens (primary N) is 1. The number of hydrogen-bond acceptors (Lipinski definition) is 4. The van der Waals surface area contributed by atoms with Gasteiger partial charge in [0.25, 0.3) is 5.91 Å². The lowest BCUT2D eigenvalue weighted by atomic mass is 10.1. The normalized spacial score (nSPS) is 15.1. The molecule has 6 nitrogen and oxygen atoms in total. The van der Waals surface area contributed by atoms with E-state index in [9.17, 15) is 9.59 Å². The van der Waals surface area contributed by atoms with Crippen LogP contribution in [0.4, 0.5) is 5.69 Å². The van der Waals surface area contributed by atoms with Crippen LogP contribution < -0.4 is 11.1 Å². The first kappa shape index (κ1) is 13.4. The number of para-hydroxylation sites is 1. The van der Waals surface area contributed by atoms with Crippen LogP contribution in [0.3, 0.4) is 0 Å². The van der Waals surface area contributed by atoms with Gasteiger partial charge in [-0.2, -0.15) is 0 Å². The van der Waals surface area contributed by atoms with Crippen molar-refractivity contribution in [3.8, 4) is 0 Å². The fraction of sp³-hybridized carbons (Fsp3) is 0.385. The molecule has 1 aromatic carbocycles. The van der Waals surface area contributed by atoms with Crippen LogP contribution in [0.15, 0.2) is 24.3 Å². The van der Waals surface area contributed by atoms with Crippen molar-refractivity contribution in [1.29, 1.82) is 0 Å². The van der Waals surface area contributed by atoms with Gasteiger partial charge in [-0.25, -0.2) is 0 Å². The molecule has 1 saturated heterocycles. The highest BCUT2D eigenvalue weighted by Gasteiger charge is 2.17. The molecule has 0 unspecified atom stereocenters. The third-order valence-corrected chi connectivity index (χ3v) is 2.99. The molecule has 1 fully saturated rings. The van der Waals surface area contributed by atoms with Gasteiger partial charge in [-0.3, -0.25) is 9.59 Å². The number of primary amides is 1. The second-order valence-electron chi connectivity index (χ2n) is 4.26. The fourth-order valence-electron chi connectivity index (χ4n) is 1.95. The zero-order chi connectivity index (χ0) is 13.7. The molecule has 0 atom stereocenters. The Labute approximate surface area is 111 Å². The molecule has 1 aliphatic heterocycles. The molecule has 2 rings (SSSR count). The van der Waals surface area contributed by atoms with E-state index in [1.165, 1.54) is 0 Å². The number of nitrogens with zero attached hydrogens (tertiary/aromatic N) is 1. The molecule has 6 heteroatoms. The zero-order valence-electron chi connectivity index (χ0n) is 10.6. The number of anilines is 1. The lowest BCUT2D eigenvalue weighted by molar-refractivity contribution is -0.133. The summed E-state index contributed by atoms with van der Waals surface area (Å²) in [6, 6.07) is 6.87. The van der Waals surface area contributed by atoms with Crippen LogP contribution >= 0.6 is 0 Å². The molecule has 0 radical (unpaired) electrons. The smallest absolute Gasteiger partial charge is 0.250 e. The van der Waals surface area contributed by atoms with E-state index >= 15 is 0 Å². The molecule has 0 aliphatic carbocycles. The number of hydrogen-bond donors (Lipinski definition) is 2. The van der Waals surface area contributed by atoms with Crippen LogP contribution in [0, 0.1) is 0 Å². The maximum absolute atomic E-state index is 11.9. The number of carbonyl (C=O) groups excluding carboxylic acids is 2. The molecule has 3 N–H and O–H groups in total. The molecule has 1 heterocycles. The van der Waals surface area contributed by atoms with E-state index in [1.807, 2.05) is 0 Å². The lowest BCUT2D eigenvalue weighted by Gasteiger charge is -2.27. The van der Waals surface area contributed by atoms with Crippen molar-refractivity contribution >= 4 is 17.5 Å². The van der Waals surface area contributed by atoms with E-state index in [2.05, 4.69) is 5.32 Å². The van der Waals surface area contributed by atoms with Crippen molar-refractivity contribution in [2.24, 2.45) is 5.73 Å². The number of benzene rings is 1. The number of carbonyl (C=O) groups is 2. The third kappa shape index (κ3) is 3.45. The van der Waals surface area contributed by atoms with Crippen molar-refractivity contribution < 1.29 is 14.3 Å². The molecule has 2 amide bonds. The Bertz CT molecular complexity index is 470. The summed E-state index contributed by atoms with van der Waals surface area (Å²) in [5.74, 6) is -0.524. The minimum atomic E-state index is -0.512. The van der Waals surface area contributed by atoms with Crippen molar-refractivity contribution in [2.75, 3.05) is 38.2 Å². The summed E-state index contributed by atoms with van der Waals surface area (Å²) >= 11 is 0. The van der Waals surface area contributed by atoms with Gasteiger partial charge in [-0.1, -0.05) is 12.1 Å². The van der Waals surface area contributed by atoms with Crippen LogP contribution in [0.2, 0.25) is 0 Å². The monoisotopic (exact) mass is 263 g/mol. The van der Waals surface area contributed by atoms with Crippen LogP contribution in [0.1, 0.15) is 10.4 Å². The Morgan fingerprint density at radius 2 is 1.95 bits per heavy atom. The number of morpholine rings is 1. The molecular formula is C13H17N3O3. The Kier molecular flexibility index (Phi) is 4.35. The minimum Gasteiger partial charge on any atom is -0.378 e. The number of ether oxygens (including phenoxy) is 1. The predicted octanol–water partition coefficient (Wildman–Crippen LogP) is 0.0562. The second kappa shape index (κ2) is 6.19. The third-order valence-electron chi connectivity index (χ3n) is 2.99. The summed E-state index contributed by atoms with van der Waals surface area (Å²) in [4.78, 5) is 24.9. The van der Waals surface area contributed by atoms with Gasteiger partial charge in [-0.05, 0) is 12.1 Å². The van der Waals surface area contributed by atoms with Gasteiger partial charge in [0.2, 0.25) is 5.91 Å². The summed E-state index contributed by atoms with van der Waals surface area (Å²) in [7, 11) is 0. The van der Waals surface area contributed by atoms with Gasteiger partial charge in [0.1, 0.15) is 0 Å². The maximum Gasteiger partial charge on any atom is 0.250 e. The first-order chi connectivity index (χ1) is 9.18. The van der Waals surface area contributed by atoms with E-state index in [0.717, 1.165) is 0 Å². The highest BCUT2D eigenvalue weighted by molar-refractivity contribution is 5.99. The highest BCUT2D eigenvalue weighted by atomic mass is 16.5. The quantitative estimate of drug-likeness (QED) is 0.804. The molecule has 1 aliphatic rings. The molecule has 0 aromatic heterocycles. The molecular weight excluding hydrogens is 246 g/mol. The van der Waals surface area contributed by atoms with Gasteiger partial charge in [0, 0.05) is 18.8 Å². The predicted molar refractivity (Wildman–Crippen MR) is 70.8 cm³/mol. The highest BCUT2D eigenvalue weighted by Crippen LogP contribution is 2.13. The zero-order valence-corrected chi connectivity index (χ0v) is 10.6. The average molecular weight is 263 g/mol. The van der Waals surface area contributed by atoms with E-state index < -0.39 is 5.91 Å². The summed E-state index contributed by atoms with van der Waals surface area (Å²) in [6.07, 6.45) is 0. The second-order valence-corrected chi connectivity index (χ2v) is 4.26. The summed E-state index contributed by atoms with van der Waals surface area (Å²) in [5, 5.41) is 2.96. The lowest BCUT2D eigenvalue weighted by Crippen LogP contribution is -2.43. The van der Waals surface area contributed by atoms with E-state index in [0.29, 0.717) is 37.6 Å². The van der Waals surface area contributed by atoms with Crippen LogP contribution in [-0.4, -0.2) is 49.6 Å². The van der Waals surface area contributed by atoms with Gasteiger partial charge >= 0.3 is 0 Å². The number of rotatable bonds is 4. The van der Waals surface area contributed by atoms with Crippen molar-refractivity contribution in [1.82, 2.24) is 4.90 Å². The van der Waals surface area contributed by atoms with Gasteiger partial charge in [-0.15, -0.1) is 0 Å². The molecule has 0 saturated carbocycles. The average Bonchev–Trinajstić information content (AvgIpc) is 2.46. The molecule has 0 spiro atoms. The van der Waals surface area contributed by atoms with Crippen LogP contribution in [0.5, 0.6) is 0 Å². The number of amides is 2. The maximum atomic E-state index is 11.9. The molecule has 19 heavy (non-hydrogen) atoms. The summed E-state index contributed by atoms with van der Waals surface area (Å²) < 4.78 is 5.19. The molecule has 1 aromatic rings. The first-order valence-electron chi connectivity index (χ1n) is 6.16. The summed E-state index contributed by atoms with van der Waals surface area (Å²) in [6.45, 7) is 2.51. The Hall–Kier alpha value is -2.08. The SMILES string of the molecule is NC(=O)c1ccccc1NCC(=O)N1CCOCC1. The van der Waals surface area contributed by atoms with Crippen molar-refractivity contribution in [2.45, 2.75) is 0 Å². The molecule has 102 valence electrons. The molecule has 0 bridgehead atoms. The van der Waals surface area contributed by atoms with Crippen LogP contribution in [0.25, 0.3) is 0 Å². The van der Waals surface area contributed by atoms with Gasteiger partial charge in [0.05, 0.1) is 25.3 Å². The largest absolute Gasteiger partial charge is 0.378 e. The number of nitrogens with one attached hydrogen (secondary N) is 1. The van der Waals surface area contributed by atoms with Gasteiger partial charge in [0.15, 0.2) is 0 Å². The Balaban J connectivity index is 1.94. The van der Waals surface area contributed by atoms with E-state index in [1.54, 1.807) is 29.2 Å². The van der Waals surface area contributed by atoms with E-state index in [4.69, 9.17) is 10.5 Å². The summed E-state index contributed by atoms with van der Waals surface area (Å²) in [5.41, 5.74) is 6.24. The Morgan fingerprint density at radius 1 is 1.26 bits per heavy atom. The van der Waals surface area contributed by atoms with Crippen LogP contribution in [-0.2, 0) is 9.53 Å². The van der Waals surface area contributed by atoms with Crippen molar-refractivity contribution in [3.05, 3.63) is 29.8 Å². The van der Waals surface area contributed by atoms with Gasteiger partial charge < -0.3 is 20.7 Å². The minimum absolute atomic E-state index is 0.0115. The van der Waals surface area contributed by atoms with E-state index in [-0.39, 0.29) is 12.5 Å². The first-order valence-corrected chi connectivity index (χ1v) is 6.16. The Morgan fingerprint density at radius 3 is 2.63 bits per heavy atom. The standard InChI is InChI=1S/C13H17N3O3/c14-13(18)10-3-1-2-4-11(10)15-9-12(17)16-5-7-19-8-6-16/h1-4,15H,5-9H2,(H2,14,18).